The lowest BCUT2D eigenvalue weighted by Crippen LogP contribution is -2.28. The Bertz CT molecular complexity index is 1240. The maximum absolute atomic E-state index is 14.2. The van der Waals surface area contributed by atoms with Crippen LogP contribution in [0.2, 0.25) is 0 Å². The van der Waals surface area contributed by atoms with E-state index in [9.17, 15) is 35.6 Å². The molecule has 9 nitrogen and oxygen atoms in total. The van der Waals surface area contributed by atoms with Gasteiger partial charge in [0.2, 0.25) is 0 Å². The topological polar surface area (TPSA) is 120 Å². The molecule has 0 radical (unpaired) electrons. The predicted molar refractivity (Wildman–Crippen MR) is 116 cm³/mol. The zero-order valence-electron chi connectivity index (χ0n) is 19.2. The minimum atomic E-state index is -5.18. The molecule has 0 spiro atoms. The highest BCUT2D eigenvalue weighted by Gasteiger charge is 2.36. The summed E-state index contributed by atoms with van der Waals surface area (Å²) in [6, 6.07) is 3.69. The van der Waals surface area contributed by atoms with Gasteiger partial charge in [0, 0.05) is 6.07 Å². The molecule has 0 saturated carbocycles. The number of ether oxygens (including phenoxy) is 3. The molecule has 0 fully saturated rings. The first-order valence-corrected chi connectivity index (χ1v) is 11.2. The summed E-state index contributed by atoms with van der Waals surface area (Å²) in [6.45, 7) is 4.51. The monoisotopic (exact) mass is 522 g/mol. The second kappa shape index (κ2) is 9.98. The lowest BCUT2D eigenvalue weighted by atomic mass is 10.1. The first-order valence-electron chi connectivity index (χ1n) is 9.68. The molecule has 14 heteroatoms. The van der Waals surface area contributed by atoms with Gasteiger partial charge < -0.3 is 14.2 Å². The number of sulfonamides is 1. The van der Waals surface area contributed by atoms with Crippen LogP contribution in [0.25, 0.3) is 0 Å². The lowest BCUT2D eigenvalue weighted by Gasteiger charge is -2.21. The van der Waals surface area contributed by atoms with Crippen LogP contribution >= 0.6 is 0 Å². The summed E-state index contributed by atoms with van der Waals surface area (Å²) < 4.78 is 96.7. The van der Waals surface area contributed by atoms with Crippen LogP contribution in [0.5, 0.6) is 5.75 Å². The molecule has 0 bridgehead atoms. The third-order valence-corrected chi connectivity index (χ3v) is 5.55. The molecular weight excluding hydrogens is 500 g/mol. The molecule has 0 aliphatic rings. The van der Waals surface area contributed by atoms with Gasteiger partial charge in [-0.25, -0.2) is 22.4 Å². The summed E-state index contributed by atoms with van der Waals surface area (Å²) in [6.07, 6.45) is -6.36. The van der Waals surface area contributed by atoms with Gasteiger partial charge in [-0.1, -0.05) is 0 Å². The number of hydrogen-bond acceptors (Lipinski definition) is 7. The van der Waals surface area contributed by atoms with Crippen LogP contribution in [0.15, 0.2) is 35.2 Å². The third kappa shape index (κ3) is 6.97. The van der Waals surface area contributed by atoms with Gasteiger partial charge in [-0.3, -0.25) is 10.0 Å². The van der Waals surface area contributed by atoms with Gasteiger partial charge in [-0.05, 0) is 45.0 Å². The highest BCUT2D eigenvalue weighted by molar-refractivity contribution is 7.92. The Hall–Kier alpha value is -3.55. The Morgan fingerprint density at radius 3 is 2.11 bits per heavy atom. The van der Waals surface area contributed by atoms with E-state index in [-0.39, 0.29) is 17.4 Å². The minimum absolute atomic E-state index is 0.177. The van der Waals surface area contributed by atoms with Crippen LogP contribution < -0.4 is 14.8 Å². The maximum atomic E-state index is 14.2. The summed E-state index contributed by atoms with van der Waals surface area (Å²) >= 11 is 0. The SMILES string of the molecule is COC(=O)c1ccc(OC)c(S(=O)(=O)Nc2cc(C(F)(F)F)c(F)cc2NC(=O)OC(C)(C)C)c1. The Morgan fingerprint density at radius 2 is 1.60 bits per heavy atom. The van der Waals surface area contributed by atoms with Crippen molar-refractivity contribution in [2.24, 2.45) is 0 Å². The predicted octanol–water partition coefficient (Wildman–Crippen LogP) is 4.79. The van der Waals surface area contributed by atoms with Crippen LogP contribution in [0.1, 0.15) is 36.7 Å². The lowest BCUT2D eigenvalue weighted by molar-refractivity contribution is -0.139. The van der Waals surface area contributed by atoms with Crippen LogP contribution in [0.4, 0.5) is 33.7 Å². The van der Waals surface area contributed by atoms with E-state index in [1.807, 2.05) is 10.0 Å². The fourth-order valence-electron chi connectivity index (χ4n) is 2.72. The number of carbonyl (C=O) groups is 2. The largest absolute Gasteiger partial charge is 0.495 e. The van der Waals surface area contributed by atoms with E-state index in [1.165, 1.54) is 26.8 Å². The maximum Gasteiger partial charge on any atom is 0.419 e. The van der Waals surface area contributed by atoms with Crippen molar-refractivity contribution in [3.63, 3.8) is 0 Å². The molecule has 0 atom stereocenters. The van der Waals surface area contributed by atoms with Crippen molar-refractivity contribution < 1.29 is 49.8 Å². The number of nitrogens with one attached hydrogen (secondary N) is 2. The molecular formula is C21H22F4N2O7S. The molecule has 0 heterocycles. The van der Waals surface area contributed by atoms with Crippen molar-refractivity contribution in [2.45, 2.75) is 37.4 Å². The highest BCUT2D eigenvalue weighted by atomic mass is 32.2. The molecule has 2 aromatic carbocycles. The summed E-state index contributed by atoms with van der Waals surface area (Å²) in [5.74, 6) is -2.92. The zero-order chi connectivity index (χ0) is 26.8. The summed E-state index contributed by atoms with van der Waals surface area (Å²) in [5.41, 5.74) is -4.49. The van der Waals surface area contributed by atoms with E-state index < -0.39 is 61.5 Å². The number of esters is 1. The molecule has 35 heavy (non-hydrogen) atoms. The molecule has 0 unspecified atom stereocenters. The molecule has 2 N–H and O–H groups in total. The van der Waals surface area contributed by atoms with Gasteiger partial charge in [0.05, 0.1) is 36.7 Å². The molecule has 0 aliphatic heterocycles. The van der Waals surface area contributed by atoms with Gasteiger partial charge in [-0.15, -0.1) is 0 Å². The van der Waals surface area contributed by atoms with Crippen molar-refractivity contribution in [1.82, 2.24) is 0 Å². The number of carbonyl (C=O) groups excluding carboxylic acids is 2. The van der Waals surface area contributed by atoms with Crippen LogP contribution in [-0.4, -0.2) is 40.3 Å². The Labute approximate surface area is 198 Å². The van der Waals surface area contributed by atoms with Crippen molar-refractivity contribution in [1.29, 1.82) is 0 Å². The average molecular weight is 522 g/mol. The number of alkyl halides is 3. The molecule has 2 aromatic rings. The van der Waals surface area contributed by atoms with E-state index in [0.29, 0.717) is 6.07 Å². The fraction of sp³-hybridized carbons (Fsp3) is 0.333. The minimum Gasteiger partial charge on any atom is -0.495 e. The zero-order valence-corrected chi connectivity index (χ0v) is 20.0. The fourth-order valence-corrected chi connectivity index (χ4v) is 3.99. The van der Waals surface area contributed by atoms with Crippen molar-refractivity contribution in [2.75, 3.05) is 24.3 Å². The van der Waals surface area contributed by atoms with Crippen LogP contribution in [-0.2, 0) is 25.7 Å². The number of halogens is 4. The quantitative estimate of drug-likeness (QED) is 0.414. The van der Waals surface area contributed by atoms with Gasteiger partial charge in [-0.2, -0.15) is 13.2 Å². The number of anilines is 2. The van der Waals surface area contributed by atoms with E-state index in [2.05, 4.69) is 4.74 Å². The number of hydrogen-bond donors (Lipinski definition) is 2. The second-order valence-electron chi connectivity index (χ2n) is 7.97. The number of rotatable bonds is 6. The van der Waals surface area contributed by atoms with E-state index in [1.54, 1.807) is 0 Å². The summed E-state index contributed by atoms with van der Waals surface area (Å²) in [4.78, 5) is 23.3. The van der Waals surface area contributed by atoms with Crippen molar-refractivity contribution in [3.8, 4) is 5.75 Å². The highest BCUT2D eigenvalue weighted by Crippen LogP contribution is 2.38. The molecule has 0 aliphatic carbocycles. The number of benzene rings is 2. The molecule has 2 rings (SSSR count). The van der Waals surface area contributed by atoms with Gasteiger partial charge >= 0.3 is 18.2 Å². The summed E-state index contributed by atoms with van der Waals surface area (Å²) in [5, 5.41) is 2.03. The molecule has 1 amide bonds. The average Bonchev–Trinajstić information content (AvgIpc) is 2.72. The first-order chi connectivity index (χ1) is 16.0. The van der Waals surface area contributed by atoms with Crippen molar-refractivity contribution >= 4 is 33.5 Å². The van der Waals surface area contributed by atoms with Crippen molar-refractivity contribution in [3.05, 3.63) is 47.3 Å². The number of amides is 1. The standard InChI is InChI=1S/C21H22F4N2O7S/c1-20(2,3)34-19(29)26-14-10-13(22)12(21(23,24)25)9-15(14)27-35(30,31)17-8-11(18(28)33-5)6-7-16(17)32-4/h6-10,27H,1-5H3,(H,26,29). The van der Waals surface area contributed by atoms with E-state index in [4.69, 9.17) is 9.47 Å². The smallest absolute Gasteiger partial charge is 0.419 e. The van der Waals surface area contributed by atoms with Gasteiger partial charge in [0.1, 0.15) is 22.1 Å². The number of methoxy groups -OCH3 is 2. The first kappa shape index (κ1) is 27.7. The van der Waals surface area contributed by atoms with Crippen LogP contribution in [0, 0.1) is 5.82 Å². The van der Waals surface area contributed by atoms with Gasteiger partial charge in [0.15, 0.2) is 0 Å². The van der Waals surface area contributed by atoms with E-state index >= 15 is 0 Å². The molecule has 0 aromatic heterocycles. The normalized spacial score (nSPS) is 12.0. The van der Waals surface area contributed by atoms with E-state index in [0.717, 1.165) is 26.4 Å². The Morgan fingerprint density at radius 1 is 0.971 bits per heavy atom. The Balaban J connectivity index is 2.63. The third-order valence-electron chi connectivity index (χ3n) is 4.17. The van der Waals surface area contributed by atoms with Crippen LogP contribution in [0.3, 0.4) is 0 Å². The Kier molecular flexibility index (Phi) is 7.89. The van der Waals surface area contributed by atoms with Gasteiger partial charge in [0.25, 0.3) is 10.0 Å². The summed E-state index contributed by atoms with van der Waals surface area (Å²) in [7, 11) is -2.57. The second-order valence-corrected chi connectivity index (χ2v) is 9.62. The molecule has 0 saturated heterocycles. The molecule has 192 valence electrons.